The van der Waals surface area contributed by atoms with Crippen molar-refractivity contribution in [3.05, 3.63) is 18.0 Å². The molecule has 2 nitrogen and oxygen atoms in total. The van der Waals surface area contributed by atoms with E-state index in [4.69, 9.17) is 0 Å². The molecule has 62 valence electrons. The van der Waals surface area contributed by atoms with Crippen LogP contribution in [-0.4, -0.2) is 9.78 Å². The van der Waals surface area contributed by atoms with Gasteiger partial charge in [-0.25, -0.2) is 0 Å². The summed E-state index contributed by atoms with van der Waals surface area (Å²) in [5, 5.41) is 4.49. The Morgan fingerprint density at radius 1 is 1.73 bits per heavy atom. The molecular weight excluding hydrogens is 156 g/mol. The molecule has 0 bridgehead atoms. The zero-order chi connectivity index (χ0) is 8.27. The van der Waals surface area contributed by atoms with E-state index in [-0.39, 0.29) is 0 Å². The van der Waals surface area contributed by atoms with Gasteiger partial charge in [-0.2, -0.15) is 17.7 Å². The first-order valence-corrected chi connectivity index (χ1v) is 4.46. The monoisotopic (exact) mass is 170 g/mol. The molecule has 0 aromatic carbocycles. The molecule has 1 rings (SSSR count). The maximum Gasteiger partial charge on any atom is 0.0532 e. The van der Waals surface area contributed by atoms with Gasteiger partial charge in [0.1, 0.15) is 0 Å². The molecule has 1 heterocycles. The topological polar surface area (TPSA) is 17.8 Å². The number of rotatable bonds is 3. The number of hydrogen-bond donors (Lipinski definition) is 1. The predicted octanol–water partition coefficient (Wildman–Crippen LogP) is 2.28. The number of thiol groups is 1. The van der Waals surface area contributed by atoms with Gasteiger partial charge in [0, 0.05) is 23.6 Å². The van der Waals surface area contributed by atoms with E-state index in [9.17, 15) is 0 Å². The van der Waals surface area contributed by atoms with Crippen molar-refractivity contribution in [3.8, 4) is 0 Å². The average Bonchev–Trinajstić information content (AvgIpc) is 2.37. The Hall–Kier alpha value is -0.440. The highest BCUT2D eigenvalue weighted by atomic mass is 32.1. The van der Waals surface area contributed by atoms with Crippen molar-refractivity contribution in [2.75, 3.05) is 0 Å². The quantitative estimate of drug-likeness (QED) is 0.689. The first-order valence-electron chi connectivity index (χ1n) is 3.94. The fraction of sp³-hybridized carbons (Fsp3) is 0.625. The van der Waals surface area contributed by atoms with Gasteiger partial charge in [-0.15, -0.1) is 0 Å². The van der Waals surface area contributed by atoms with Crippen molar-refractivity contribution in [3.63, 3.8) is 0 Å². The van der Waals surface area contributed by atoms with Crippen LogP contribution < -0.4 is 0 Å². The maximum atomic E-state index is 4.32. The summed E-state index contributed by atoms with van der Waals surface area (Å²) in [4.78, 5) is 0. The third kappa shape index (κ3) is 2.26. The smallest absolute Gasteiger partial charge is 0.0532 e. The van der Waals surface area contributed by atoms with E-state index in [1.165, 1.54) is 5.56 Å². The second-order valence-electron chi connectivity index (χ2n) is 2.71. The van der Waals surface area contributed by atoms with Crippen molar-refractivity contribution >= 4 is 12.6 Å². The maximum absolute atomic E-state index is 4.32. The van der Waals surface area contributed by atoms with E-state index in [0.717, 1.165) is 13.0 Å². The van der Waals surface area contributed by atoms with Crippen LogP contribution in [0, 0.1) is 0 Å². The van der Waals surface area contributed by atoms with E-state index in [1.807, 2.05) is 10.9 Å². The number of nitrogens with zero attached hydrogens (tertiary/aromatic N) is 2. The van der Waals surface area contributed by atoms with Crippen LogP contribution >= 0.6 is 12.6 Å². The molecule has 1 aromatic heterocycles. The van der Waals surface area contributed by atoms with Gasteiger partial charge in [-0.3, -0.25) is 4.68 Å². The minimum Gasteiger partial charge on any atom is -0.272 e. The normalized spacial score (nSPS) is 13.4. The first-order chi connectivity index (χ1) is 5.24. The Bertz CT molecular complexity index is 218. The van der Waals surface area contributed by atoms with Gasteiger partial charge >= 0.3 is 0 Å². The number of aryl methyl sites for hydroxylation is 1. The number of aromatic nitrogens is 2. The molecular formula is C8H14N2S. The van der Waals surface area contributed by atoms with Crippen molar-refractivity contribution in [1.29, 1.82) is 0 Å². The lowest BCUT2D eigenvalue weighted by Gasteiger charge is -1.97. The van der Waals surface area contributed by atoms with Crippen LogP contribution in [0.4, 0.5) is 0 Å². The van der Waals surface area contributed by atoms with E-state index < -0.39 is 0 Å². The molecule has 0 aliphatic carbocycles. The van der Waals surface area contributed by atoms with Crippen molar-refractivity contribution in [1.82, 2.24) is 9.78 Å². The van der Waals surface area contributed by atoms with Crippen LogP contribution in [0.15, 0.2) is 12.4 Å². The minimum absolute atomic E-state index is 0.292. The van der Waals surface area contributed by atoms with Crippen LogP contribution in [0.3, 0.4) is 0 Å². The van der Waals surface area contributed by atoms with Gasteiger partial charge in [0.05, 0.1) is 6.20 Å². The molecule has 3 heteroatoms. The molecule has 1 aromatic rings. The van der Waals surface area contributed by atoms with Gasteiger partial charge in [-0.1, -0.05) is 6.92 Å². The second kappa shape index (κ2) is 3.81. The van der Waals surface area contributed by atoms with E-state index >= 15 is 0 Å². The molecule has 1 unspecified atom stereocenters. The van der Waals surface area contributed by atoms with E-state index in [1.54, 1.807) is 0 Å². The molecule has 0 aliphatic rings. The fourth-order valence-electron chi connectivity index (χ4n) is 0.947. The van der Waals surface area contributed by atoms with E-state index in [0.29, 0.717) is 5.25 Å². The Labute approximate surface area is 73.0 Å². The molecule has 11 heavy (non-hydrogen) atoms. The van der Waals surface area contributed by atoms with Crippen molar-refractivity contribution < 1.29 is 0 Å². The molecule has 0 saturated carbocycles. The van der Waals surface area contributed by atoms with Gasteiger partial charge in [-0.05, 0) is 13.3 Å². The predicted molar refractivity (Wildman–Crippen MR) is 49.9 cm³/mol. The lowest BCUT2D eigenvalue weighted by Crippen LogP contribution is -1.95. The van der Waals surface area contributed by atoms with Crippen LogP contribution in [-0.2, 0) is 6.54 Å². The molecule has 1 atom stereocenters. The highest BCUT2D eigenvalue weighted by Gasteiger charge is 2.01. The number of hydrogen-bond acceptors (Lipinski definition) is 2. The Morgan fingerprint density at radius 2 is 2.45 bits per heavy atom. The van der Waals surface area contributed by atoms with Crippen LogP contribution in [0.2, 0.25) is 0 Å². The Morgan fingerprint density at radius 3 is 2.91 bits per heavy atom. The molecule has 0 saturated heterocycles. The van der Waals surface area contributed by atoms with Gasteiger partial charge in [0.15, 0.2) is 0 Å². The van der Waals surface area contributed by atoms with Crippen LogP contribution in [0.25, 0.3) is 0 Å². The van der Waals surface area contributed by atoms with Crippen LogP contribution in [0.5, 0.6) is 0 Å². The zero-order valence-corrected chi connectivity index (χ0v) is 7.88. The highest BCUT2D eigenvalue weighted by Crippen LogP contribution is 2.17. The molecule has 0 spiro atoms. The van der Waals surface area contributed by atoms with Crippen molar-refractivity contribution in [2.24, 2.45) is 0 Å². The molecule has 0 radical (unpaired) electrons. The summed E-state index contributed by atoms with van der Waals surface area (Å²) in [6.45, 7) is 5.20. The summed E-state index contributed by atoms with van der Waals surface area (Å²) in [5.74, 6) is 0. The highest BCUT2D eigenvalue weighted by molar-refractivity contribution is 7.80. The SMILES string of the molecule is CCCn1cc(C(C)S)cn1. The second-order valence-corrected chi connectivity index (χ2v) is 3.49. The zero-order valence-electron chi connectivity index (χ0n) is 6.99. The van der Waals surface area contributed by atoms with Crippen molar-refractivity contribution in [2.45, 2.75) is 32.1 Å². The van der Waals surface area contributed by atoms with Crippen LogP contribution in [0.1, 0.15) is 31.1 Å². The third-order valence-corrected chi connectivity index (χ3v) is 1.89. The standard InChI is InChI=1S/C8H14N2S/c1-3-4-10-6-8(5-9-10)7(2)11/h5-7,11H,3-4H2,1-2H3. The lowest BCUT2D eigenvalue weighted by molar-refractivity contribution is 0.602. The summed E-state index contributed by atoms with van der Waals surface area (Å²) in [7, 11) is 0. The molecule has 0 fully saturated rings. The molecule has 0 aliphatic heterocycles. The average molecular weight is 170 g/mol. The summed E-state index contributed by atoms with van der Waals surface area (Å²) < 4.78 is 1.96. The summed E-state index contributed by atoms with van der Waals surface area (Å²) in [5.41, 5.74) is 1.20. The van der Waals surface area contributed by atoms with E-state index in [2.05, 4.69) is 37.8 Å². The Balaban J connectivity index is 2.66. The minimum atomic E-state index is 0.292. The third-order valence-electron chi connectivity index (χ3n) is 1.59. The summed E-state index contributed by atoms with van der Waals surface area (Å²) in [6.07, 6.45) is 5.07. The largest absolute Gasteiger partial charge is 0.272 e. The summed E-state index contributed by atoms with van der Waals surface area (Å²) in [6, 6.07) is 0. The fourth-order valence-corrected chi connectivity index (χ4v) is 1.08. The first kappa shape index (κ1) is 8.65. The van der Waals surface area contributed by atoms with Gasteiger partial charge < -0.3 is 0 Å². The molecule has 0 amide bonds. The Kier molecular flexibility index (Phi) is 3.00. The molecule has 0 N–H and O–H groups in total. The lowest BCUT2D eigenvalue weighted by atomic mass is 10.3. The van der Waals surface area contributed by atoms with Gasteiger partial charge in [0.25, 0.3) is 0 Å². The summed E-state index contributed by atoms with van der Waals surface area (Å²) >= 11 is 4.32. The van der Waals surface area contributed by atoms with Gasteiger partial charge in [0.2, 0.25) is 0 Å².